The van der Waals surface area contributed by atoms with Crippen molar-refractivity contribution in [3.8, 4) is 5.75 Å². The van der Waals surface area contributed by atoms with Gasteiger partial charge in [-0.25, -0.2) is 0 Å². The Bertz CT molecular complexity index is 627. The number of hydrogen-bond acceptors (Lipinski definition) is 5. The van der Waals surface area contributed by atoms with Crippen LogP contribution < -0.4 is 15.4 Å². The molecular formula is C16H18N2O3S2. The van der Waals surface area contributed by atoms with Crippen LogP contribution in [0.4, 0.5) is 5.69 Å². The Labute approximate surface area is 144 Å². The van der Waals surface area contributed by atoms with Gasteiger partial charge in [0.1, 0.15) is 12.4 Å². The quantitative estimate of drug-likeness (QED) is 0.593. The van der Waals surface area contributed by atoms with E-state index in [-0.39, 0.29) is 11.0 Å². The van der Waals surface area contributed by atoms with Gasteiger partial charge in [0.15, 0.2) is 5.11 Å². The SMILES string of the molecule is CCOCCOc1ccc(NC(=S)NC(=O)c2cccs2)cc1. The highest BCUT2D eigenvalue weighted by atomic mass is 32.1. The molecule has 2 aromatic rings. The van der Waals surface area contributed by atoms with E-state index < -0.39 is 0 Å². The molecular weight excluding hydrogens is 332 g/mol. The zero-order valence-electron chi connectivity index (χ0n) is 12.7. The first-order valence-corrected chi connectivity index (χ1v) is 8.44. The van der Waals surface area contributed by atoms with E-state index in [1.807, 2.05) is 42.6 Å². The number of nitrogens with one attached hydrogen (secondary N) is 2. The van der Waals surface area contributed by atoms with Crippen LogP contribution in [0.5, 0.6) is 5.75 Å². The van der Waals surface area contributed by atoms with Crippen LogP contribution in [0.15, 0.2) is 41.8 Å². The molecule has 2 rings (SSSR count). The number of amides is 1. The normalized spacial score (nSPS) is 10.1. The molecule has 0 saturated carbocycles. The Morgan fingerprint density at radius 1 is 1.22 bits per heavy atom. The highest BCUT2D eigenvalue weighted by molar-refractivity contribution is 7.80. The topological polar surface area (TPSA) is 59.6 Å². The summed E-state index contributed by atoms with van der Waals surface area (Å²) in [5.74, 6) is 0.539. The van der Waals surface area contributed by atoms with Gasteiger partial charge >= 0.3 is 0 Å². The summed E-state index contributed by atoms with van der Waals surface area (Å²) in [5.41, 5.74) is 0.777. The van der Waals surface area contributed by atoms with E-state index in [1.54, 1.807) is 6.07 Å². The van der Waals surface area contributed by atoms with Crippen LogP contribution in [0.1, 0.15) is 16.6 Å². The molecule has 0 bridgehead atoms. The minimum Gasteiger partial charge on any atom is -0.491 e. The zero-order valence-corrected chi connectivity index (χ0v) is 14.3. The molecule has 7 heteroatoms. The number of ether oxygens (including phenoxy) is 2. The highest BCUT2D eigenvalue weighted by Gasteiger charge is 2.08. The molecule has 1 amide bonds. The average molecular weight is 350 g/mol. The summed E-state index contributed by atoms with van der Waals surface area (Å²) in [6.07, 6.45) is 0. The molecule has 0 unspecified atom stereocenters. The summed E-state index contributed by atoms with van der Waals surface area (Å²) in [6, 6.07) is 10.9. The number of thiocarbonyl (C=S) groups is 1. The third kappa shape index (κ3) is 5.97. The molecule has 5 nitrogen and oxygen atoms in total. The van der Waals surface area contributed by atoms with E-state index in [1.165, 1.54) is 11.3 Å². The van der Waals surface area contributed by atoms with Crippen LogP contribution in [0.2, 0.25) is 0 Å². The summed E-state index contributed by atoms with van der Waals surface area (Å²) in [6.45, 7) is 3.70. The fraction of sp³-hybridized carbons (Fsp3) is 0.250. The number of benzene rings is 1. The van der Waals surface area contributed by atoms with Gasteiger partial charge in [0.05, 0.1) is 11.5 Å². The Kier molecular flexibility index (Phi) is 6.99. The number of rotatable bonds is 7. The van der Waals surface area contributed by atoms with E-state index in [0.717, 1.165) is 11.4 Å². The van der Waals surface area contributed by atoms with Gasteiger partial charge < -0.3 is 14.8 Å². The predicted octanol–water partition coefficient (Wildman–Crippen LogP) is 3.29. The first kappa shape index (κ1) is 17.4. The zero-order chi connectivity index (χ0) is 16.5. The van der Waals surface area contributed by atoms with Gasteiger partial charge in [-0.05, 0) is 54.9 Å². The minimum atomic E-state index is -0.214. The van der Waals surface area contributed by atoms with Crippen molar-refractivity contribution in [1.29, 1.82) is 0 Å². The molecule has 1 aromatic carbocycles. The van der Waals surface area contributed by atoms with Crippen LogP contribution in [0.25, 0.3) is 0 Å². The summed E-state index contributed by atoms with van der Waals surface area (Å²) >= 11 is 6.50. The molecule has 0 fully saturated rings. The van der Waals surface area contributed by atoms with Crippen molar-refractivity contribution in [2.45, 2.75) is 6.92 Å². The smallest absolute Gasteiger partial charge is 0.267 e. The fourth-order valence-electron chi connectivity index (χ4n) is 1.73. The van der Waals surface area contributed by atoms with E-state index in [2.05, 4.69) is 10.6 Å². The molecule has 0 saturated heterocycles. The van der Waals surface area contributed by atoms with Gasteiger partial charge in [0.2, 0.25) is 0 Å². The molecule has 0 spiro atoms. The monoisotopic (exact) mass is 350 g/mol. The number of anilines is 1. The number of hydrogen-bond donors (Lipinski definition) is 2. The molecule has 2 N–H and O–H groups in total. The fourth-order valence-corrected chi connectivity index (χ4v) is 2.56. The molecule has 0 radical (unpaired) electrons. The lowest BCUT2D eigenvalue weighted by molar-refractivity contribution is 0.0981. The Morgan fingerprint density at radius 3 is 2.65 bits per heavy atom. The number of carbonyl (C=O) groups is 1. The molecule has 0 aliphatic carbocycles. The second-order valence-electron chi connectivity index (χ2n) is 4.46. The van der Waals surface area contributed by atoms with Gasteiger partial charge in [-0.15, -0.1) is 11.3 Å². The largest absolute Gasteiger partial charge is 0.491 e. The van der Waals surface area contributed by atoms with Gasteiger partial charge in [0, 0.05) is 12.3 Å². The molecule has 23 heavy (non-hydrogen) atoms. The third-order valence-corrected chi connectivity index (χ3v) is 3.86. The lowest BCUT2D eigenvalue weighted by atomic mass is 10.3. The van der Waals surface area contributed by atoms with E-state index in [9.17, 15) is 4.79 Å². The van der Waals surface area contributed by atoms with E-state index >= 15 is 0 Å². The van der Waals surface area contributed by atoms with E-state index in [4.69, 9.17) is 21.7 Å². The second-order valence-corrected chi connectivity index (χ2v) is 5.81. The van der Waals surface area contributed by atoms with Gasteiger partial charge in [0.25, 0.3) is 5.91 Å². The summed E-state index contributed by atoms with van der Waals surface area (Å²) < 4.78 is 10.7. The van der Waals surface area contributed by atoms with Crippen molar-refractivity contribution in [2.75, 3.05) is 25.1 Å². The molecule has 1 heterocycles. The van der Waals surface area contributed by atoms with Crippen LogP contribution in [0.3, 0.4) is 0 Å². The van der Waals surface area contributed by atoms with Crippen LogP contribution in [0, 0.1) is 0 Å². The van der Waals surface area contributed by atoms with Crippen LogP contribution in [-0.4, -0.2) is 30.8 Å². The lowest BCUT2D eigenvalue weighted by Crippen LogP contribution is -2.33. The number of carbonyl (C=O) groups excluding carboxylic acids is 1. The predicted molar refractivity (Wildman–Crippen MR) is 96.4 cm³/mol. The van der Waals surface area contributed by atoms with Crippen molar-refractivity contribution < 1.29 is 14.3 Å². The summed E-state index contributed by atoms with van der Waals surface area (Å²) in [7, 11) is 0. The molecule has 122 valence electrons. The summed E-state index contributed by atoms with van der Waals surface area (Å²) in [5, 5.41) is 7.70. The van der Waals surface area contributed by atoms with Crippen molar-refractivity contribution in [2.24, 2.45) is 0 Å². The van der Waals surface area contributed by atoms with Gasteiger partial charge in [-0.2, -0.15) is 0 Å². The van der Waals surface area contributed by atoms with Crippen LogP contribution >= 0.6 is 23.6 Å². The highest BCUT2D eigenvalue weighted by Crippen LogP contribution is 2.15. The van der Waals surface area contributed by atoms with Gasteiger partial charge in [-0.1, -0.05) is 6.07 Å². The maximum atomic E-state index is 11.9. The summed E-state index contributed by atoms with van der Waals surface area (Å²) in [4.78, 5) is 12.5. The first-order chi connectivity index (χ1) is 11.2. The van der Waals surface area contributed by atoms with Crippen molar-refractivity contribution in [3.63, 3.8) is 0 Å². The third-order valence-electron chi connectivity index (χ3n) is 2.78. The van der Waals surface area contributed by atoms with E-state index in [0.29, 0.717) is 24.7 Å². The Morgan fingerprint density at radius 2 is 2.00 bits per heavy atom. The lowest BCUT2D eigenvalue weighted by Gasteiger charge is -2.10. The standard InChI is InChI=1S/C16H18N2O3S2/c1-2-20-9-10-21-13-7-5-12(6-8-13)17-16(22)18-15(19)14-4-3-11-23-14/h3-8,11H,2,9-10H2,1H3,(H2,17,18,19,22). The van der Waals surface area contributed by atoms with Crippen molar-refractivity contribution in [3.05, 3.63) is 46.7 Å². The maximum absolute atomic E-state index is 11.9. The van der Waals surface area contributed by atoms with Gasteiger partial charge in [-0.3, -0.25) is 10.1 Å². The second kappa shape index (κ2) is 9.24. The molecule has 1 aromatic heterocycles. The molecule has 0 aliphatic heterocycles. The van der Waals surface area contributed by atoms with Crippen LogP contribution in [-0.2, 0) is 4.74 Å². The average Bonchev–Trinajstić information content (AvgIpc) is 3.07. The maximum Gasteiger partial charge on any atom is 0.267 e. The first-order valence-electron chi connectivity index (χ1n) is 7.15. The Balaban J connectivity index is 1.78. The molecule has 0 aliphatic rings. The number of thiophene rings is 1. The van der Waals surface area contributed by atoms with Crippen molar-refractivity contribution >= 4 is 40.3 Å². The minimum absolute atomic E-state index is 0.214. The van der Waals surface area contributed by atoms with Crippen molar-refractivity contribution in [1.82, 2.24) is 5.32 Å². The molecule has 0 atom stereocenters. The Hall–Kier alpha value is -1.96.